The zero-order chi connectivity index (χ0) is 33.5. The number of fused-ring (bicyclic) bond motifs is 10. The van der Waals surface area contributed by atoms with Crippen LogP contribution in [-0.4, -0.2) is 85.3 Å². The number of likely N-dealkylation sites (tertiary alicyclic amines) is 1. The van der Waals surface area contributed by atoms with E-state index in [1.807, 2.05) is 36.4 Å². The zero-order valence-corrected chi connectivity index (χ0v) is 27.0. The Morgan fingerprint density at radius 1 is 1.00 bits per heavy atom. The van der Waals surface area contributed by atoms with Crippen molar-refractivity contribution in [2.75, 3.05) is 40.5 Å². The van der Waals surface area contributed by atoms with Crippen LogP contribution in [0.15, 0.2) is 60.7 Å². The maximum Gasteiger partial charge on any atom is 0.258 e. The quantitative estimate of drug-likeness (QED) is 0.284. The highest BCUT2D eigenvalue weighted by atomic mass is 16.5. The Bertz CT molecular complexity index is 1740. The lowest BCUT2D eigenvalue weighted by Crippen LogP contribution is -2.59. The molecule has 7 rings (SSSR count). The number of hydrogen-bond donors (Lipinski definition) is 3. The third kappa shape index (κ3) is 7.97. The van der Waals surface area contributed by atoms with Crippen LogP contribution in [0.2, 0.25) is 0 Å². The molecule has 0 aliphatic carbocycles. The van der Waals surface area contributed by atoms with E-state index in [9.17, 15) is 14.4 Å². The Morgan fingerprint density at radius 3 is 2.69 bits per heavy atom. The van der Waals surface area contributed by atoms with Crippen molar-refractivity contribution in [2.45, 2.75) is 44.6 Å². The number of imidazole rings is 1. The molecule has 13 nitrogen and oxygen atoms in total. The number of H-pyrrole nitrogens is 1. The molecule has 3 N–H and O–H groups in total. The molecule has 3 aliphatic rings. The van der Waals surface area contributed by atoms with Gasteiger partial charge in [0.2, 0.25) is 11.8 Å². The Labute approximate surface area is 277 Å². The minimum Gasteiger partial charge on any atom is -0.496 e. The smallest absolute Gasteiger partial charge is 0.258 e. The van der Waals surface area contributed by atoms with Crippen LogP contribution in [-0.2, 0) is 38.7 Å². The van der Waals surface area contributed by atoms with Crippen molar-refractivity contribution in [2.24, 2.45) is 0 Å². The minimum absolute atomic E-state index is 0.114. The Kier molecular flexibility index (Phi) is 10.2. The van der Waals surface area contributed by atoms with Crippen LogP contribution in [0, 0.1) is 0 Å². The van der Waals surface area contributed by atoms with E-state index in [0.717, 1.165) is 22.2 Å². The summed E-state index contributed by atoms with van der Waals surface area (Å²) in [6.07, 6.45) is 0.735. The average molecular weight is 658 g/mol. The molecular weight excluding hydrogens is 618 g/mol. The van der Waals surface area contributed by atoms with Gasteiger partial charge in [-0.3, -0.25) is 14.4 Å². The summed E-state index contributed by atoms with van der Waals surface area (Å²) < 4.78 is 29.0. The SMILES string of the molecule is COc1cc2ccc1CNC(=O)CCc1ccc(OC)c(c1)OCC(=O)N[C@@H]1CN(C(=O)COCc3nc4ccccc4[nH]3)CC[C@@H]1O2. The Morgan fingerprint density at radius 2 is 1.85 bits per heavy atom. The van der Waals surface area contributed by atoms with Gasteiger partial charge in [-0.1, -0.05) is 18.2 Å². The standard InChI is InChI=1S/C35H39N5O8/c1-44-29-11-7-22-8-12-33(41)36-17-23-9-10-24(16-30(23)45-2)48-28-13-14-40(18-27(28)39-34(42)20-47-31(29)15-22)35(43)21-46-19-32-37-25-5-3-4-6-26(25)38-32/h3-7,9-11,15-16,27-28H,8,12-14,17-21H2,1-2H3,(H,36,41)(H,37,38)(H,39,42)/t27-,28+/m1/s1. The molecule has 4 bridgehead atoms. The normalized spacial score (nSPS) is 18.7. The van der Waals surface area contributed by atoms with E-state index in [0.29, 0.717) is 48.2 Å². The maximum absolute atomic E-state index is 13.3. The van der Waals surface area contributed by atoms with Crippen molar-refractivity contribution in [1.29, 1.82) is 0 Å². The molecule has 3 amide bonds. The fraction of sp³-hybridized carbons (Fsp3) is 0.371. The number of rotatable bonds is 6. The van der Waals surface area contributed by atoms with Gasteiger partial charge in [0.15, 0.2) is 18.1 Å². The molecule has 0 unspecified atom stereocenters. The van der Waals surface area contributed by atoms with Gasteiger partial charge in [0, 0.05) is 44.1 Å². The third-order valence-electron chi connectivity index (χ3n) is 8.40. The number of hydrogen-bond acceptors (Lipinski definition) is 9. The number of aryl methyl sites for hydroxylation is 1. The fourth-order valence-electron chi connectivity index (χ4n) is 5.88. The number of ether oxygens (including phenoxy) is 5. The molecule has 13 heteroatoms. The summed E-state index contributed by atoms with van der Waals surface area (Å²) in [7, 11) is 3.08. The maximum atomic E-state index is 13.3. The minimum atomic E-state index is -0.547. The summed E-state index contributed by atoms with van der Waals surface area (Å²) in [6, 6.07) is 17.9. The van der Waals surface area contributed by atoms with Gasteiger partial charge in [-0.2, -0.15) is 0 Å². The lowest BCUT2D eigenvalue weighted by molar-refractivity contribution is -0.140. The molecule has 3 aromatic carbocycles. The molecule has 252 valence electrons. The van der Waals surface area contributed by atoms with E-state index in [1.165, 1.54) is 7.11 Å². The summed E-state index contributed by atoms with van der Waals surface area (Å²) in [5, 5.41) is 5.97. The molecule has 0 saturated carbocycles. The number of piperidine rings is 1. The second-order valence-corrected chi connectivity index (χ2v) is 11.7. The molecule has 2 atom stereocenters. The highest BCUT2D eigenvalue weighted by Gasteiger charge is 2.34. The second-order valence-electron chi connectivity index (χ2n) is 11.7. The van der Waals surface area contributed by atoms with Crippen LogP contribution >= 0.6 is 0 Å². The third-order valence-corrected chi connectivity index (χ3v) is 8.40. The van der Waals surface area contributed by atoms with Crippen molar-refractivity contribution >= 4 is 28.8 Å². The topological polar surface area (TPSA) is 153 Å². The number of methoxy groups -OCH3 is 2. The van der Waals surface area contributed by atoms with Gasteiger partial charge >= 0.3 is 0 Å². The molecule has 1 fully saturated rings. The van der Waals surface area contributed by atoms with Gasteiger partial charge in [0.05, 0.1) is 31.3 Å². The summed E-state index contributed by atoms with van der Waals surface area (Å²) in [6.45, 7) is 0.633. The van der Waals surface area contributed by atoms with Gasteiger partial charge in [0.25, 0.3) is 5.91 Å². The van der Waals surface area contributed by atoms with Crippen molar-refractivity contribution < 1.29 is 38.1 Å². The lowest BCUT2D eigenvalue weighted by Gasteiger charge is -2.38. The molecule has 4 heterocycles. The van der Waals surface area contributed by atoms with E-state index >= 15 is 0 Å². The largest absolute Gasteiger partial charge is 0.496 e. The van der Waals surface area contributed by atoms with Crippen molar-refractivity contribution in [1.82, 2.24) is 25.5 Å². The molecule has 0 spiro atoms. The van der Waals surface area contributed by atoms with Gasteiger partial charge in [-0.25, -0.2) is 4.98 Å². The number of aromatic nitrogens is 2. The molecule has 1 aromatic heterocycles. The van der Waals surface area contributed by atoms with Crippen LogP contribution in [0.1, 0.15) is 29.8 Å². The number of nitrogens with one attached hydrogen (secondary N) is 3. The number of aromatic amines is 1. The predicted octanol–water partition coefficient (Wildman–Crippen LogP) is 2.90. The van der Waals surface area contributed by atoms with Gasteiger partial charge < -0.3 is 44.2 Å². The van der Waals surface area contributed by atoms with E-state index in [4.69, 9.17) is 23.7 Å². The molecule has 3 aliphatic heterocycles. The van der Waals surface area contributed by atoms with E-state index in [-0.39, 0.29) is 57.1 Å². The predicted molar refractivity (Wildman–Crippen MR) is 175 cm³/mol. The van der Waals surface area contributed by atoms with Crippen LogP contribution in [0.5, 0.6) is 23.0 Å². The van der Waals surface area contributed by atoms with Crippen molar-refractivity contribution in [3.8, 4) is 23.0 Å². The number of para-hydroxylation sites is 2. The van der Waals surface area contributed by atoms with Crippen LogP contribution in [0.3, 0.4) is 0 Å². The summed E-state index contributed by atoms with van der Waals surface area (Å²) in [5.41, 5.74) is 3.38. The Balaban J connectivity index is 1.17. The first kappa shape index (κ1) is 32.6. The summed E-state index contributed by atoms with van der Waals surface area (Å²) in [5.74, 6) is 1.88. The number of benzene rings is 3. The number of nitrogens with zero attached hydrogens (tertiary/aromatic N) is 2. The summed E-state index contributed by atoms with van der Waals surface area (Å²) >= 11 is 0. The lowest BCUT2D eigenvalue weighted by atomic mass is 10.0. The van der Waals surface area contributed by atoms with Crippen molar-refractivity contribution in [3.63, 3.8) is 0 Å². The monoisotopic (exact) mass is 657 g/mol. The number of carbonyl (C=O) groups excluding carboxylic acids is 3. The Hall–Kier alpha value is -5.30. The first-order valence-corrected chi connectivity index (χ1v) is 15.9. The number of amides is 3. The first-order valence-electron chi connectivity index (χ1n) is 15.9. The van der Waals surface area contributed by atoms with E-state index in [2.05, 4.69) is 20.6 Å². The zero-order valence-electron chi connectivity index (χ0n) is 27.0. The molecule has 48 heavy (non-hydrogen) atoms. The van der Waals surface area contributed by atoms with E-state index in [1.54, 1.807) is 36.3 Å². The van der Waals surface area contributed by atoms with Crippen LogP contribution in [0.25, 0.3) is 11.0 Å². The molecule has 4 aromatic rings. The fourth-order valence-corrected chi connectivity index (χ4v) is 5.88. The highest BCUT2D eigenvalue weighted by molar-refractivity contribution is 5.80. The van der Waals surface area contributed by atoms with Crippen molar-refractivity contribution in [3.05, 3.63) is 77.6 Å². The number of carbonyl (C=O) groups is 3. The molecule has 0 radical (unpaired) electrons. The molecular formula is C35H39N5O8. The highest BCUT2D eigenvalue weighted by Crippen LogP contribution is 2.30. The second kappa shape index (κ2) is 15.1. The van der Waals surface area contributed by atoms with Crippen LogP contribution in [0.4, 0.5) is 0 Å². The van der Waals surface area contributed by atoms with E-state index < -0.39 is 12.1 Å². The average Bonchev–Trinajstić information content (AvgIpc) is 3.52. The van der Waals surface area contributed by atoms with Gasteiger partial charge in [0.1, 0.15) is 36.6 Å². The van der Waals surface area contributed by atoms with Crippen LogP contribution < -0.4 is 29.6 Å². The molecule has 1 saturated heterocycles. The summed E-state index contributed by atoms with van der Waals surface area (Å²) in [4.78, 5) is 48.5. The van der Waals surface area contributed by atoms with Gasteiger partial charge in [-0.15, -0.1) is 0 Å². The van der Waals surface area contributed by atoms with Gasteiger partial charge in [-0.05, 0) is 48.4 Å². The first-order chi connectivity index (χ1) is 23.4.